The topological polar surface area (TPSA) is 82.1 Å². The van der Waals surface area contributed by atoms with Crippen LogP contribution in [-0.2, 0) is 4.79 Å². The average molecular weight is 393 g/mol. The second kappa shape index (κ2) is 7.18. The Bertz CT molecular complexity index is 1050. The number of nitrogens with one attached hydrogen (secondary N) is 1. The molecule has 1 saturated carbocycles. The van der Waals surface area contributed by atoms with Gasteiger partial charge in [-0.25, -0.2) is 4.98 Å². The van der Waals surface area contributed by atoms with E-state index in [0.717, 1.165) is 55.2 Å². The number of aromatic nitrogens is 3. The minimum absolute atomic E-state index is 0.152. The van der Waals surface area contributed by atoms with E-state index in [4.69, 9.17) is 0 Å². The molecular weight excluding hydrogens is 364 g/mol. The highest BCUT2D eigenvalue weighted by Gasteiger charge is 2.34. The SMILES string of the molecule is CC1(O)CCN(CC(=O)C2CCC(c3ccnc4cnc5[nH]ccc5c34)CC2)C1. The summed E-state index contributed by atoms with van der Waals surface area (Å²) in [5.74, 6) is 0.953. The van der Waals surface area contributed by atoms with Crippen LogP contribution in [-0.4, -0.2) is 56.0 Å². The molecule has 29 heavy (non-hydrogen) atoms. The monoisotopic (exact) mass is 392 g/mol. The van der Waals surface area contributed by atoms with Crippen LogP contribution in [0.3, 0.4) is 0 Å². The summed E-state index contributed by atoms with van der Waals surface area (Å²) in [6, 6.07) is 4.23. The summed E-state index contributed by atoms with van der Waals surface area (Å²) in [7, 11) is 0. The zero-order chi connectivity index (χ0) is 20.0. The summed E-state index contributed by atoms with van der Waals surface area (Å²) in [6.45, 7) is 3.77. The standard InChI is InChI=1S/C23H28N4O2/c1-23(29)8-11-27(14-23)13-20(28)16-4-2-15(3-5-16)17-6-9-24-19-12-26-22-18(21(17)19)7-10-25-22/h6-7,9-10,12,15-16,29H,2-5,8,11,13-14H2,1H3,(H,25,26). The van der Waals surface area contributed by atoms with Crippen LogP contribution >= 0.6 is 0 Å². The van der Waals surface area contributed by atoms with Gasteiger partial charge < -0.3 is 10.1 Å². The quantitative estimate of drug-likeness (QED) is 0.711. The molecule has 3 aromatic rings. The van der Waals surface area contributed by atoms with Crippen LogP contribution in [0.5, 0.6) is 0 Å². The van der Waals surface area contributed by atoms with E-state index in [0.29, 0.717) is 24.8 Å². The fourth-order valence-electron chi connectivity index (χ4n) is 5.27. The summed E-state index contributed by atoms with van der Waals surface area (Å²) in [5, 5.41) is 12.5. The zero-order valence-electron chi connectivity index (χ0n) is 16.9. The Balaban J connectivity index is 1.30. The second-order valence-electron chi connectivity index (χ2n) is 9.13. The number of likely N-dealkylation sites (tertiary alicyclic amines) is 1. The molecule has 1 aliphatic carbocycles. The van der Waals surface area contributed by atoms with Crippen molar-refractivity contribution in [3.8, 4) is 0 Å². The van der Waals surface area contributed by atoms with E-state index in [2.05, 4.69) is 32.0 Å². The van der Waals surface area contributed by atoms with Gasteiger partial charge in [-0.1, -0.05) is 0 Å². The number of hydrogen-bond donors (Lipinski definition) is 2. The van der Waals surface area contributed by atoms with E-state index < -0.39 is 5.60 Å². The Labute approximate surface area is 170 Å². The lowest BCUT2D eigenvalue weighted by atomic mass is 9.76. The largest absolute Gasteiger partial charge is 0.389 e. The van der Waals surface area contributed by atoms with Crippen molar-refractivity contribution in [2.45, 2.75) is 50.5 Å². The first kappa shape index (κ1) is 18.7. The second-order valence-corrected chi connectivity index (χ2v) is 9.13. The van der Waals surface area contributed by atoms with Gasteiger partial charge in [0.1, 0.15) is 11.4 Å². The first-order valence-corrected chi connectivity index (χ1v) is 10.7. The minimum Gasteiger partial charge on any atom is -0.389 e. The number of rotatable bonds is 4. The van der Waals surface area contributed by atoms with E-state index >= 15 is 0 Å². The highest BCUT2D eigenvalue weighted by molar-refractivity contribution is 6.05. The number of aliphatic hydroxyl groups is 1. The van der Waals surface area contributed by atoms with Crippen molar-refractivity contribution in [2.75, 3.05) is 19.6 Å². The van der Waals surface area contributed by atoms with Crippen molar-refractivity contribution in [3.63, 3.8) is 0 Å². The molecule has 3 aromatic heterocycles. The van der Waals surface area contributed by atoms with Gasteiger partial charge in [-0.3, -0.25) is 14.7 Å². The third-order valence-corrected chi connectivity index (χ3v) is 6.86. The lowest BCUT2D eigenvalue weighted by Crippen LogP contribution is -2.36. The predicted molar refractivity (Wildman–Crippen MR) is 113 cm³/mol. The number of carbonyl (C=O) groups excluding carboxylic acids is 1. The smallest absolute Gasteiger partial charge is 0.149 e. The van der Waals surface area contributed by atoms with Crippen molar-refractivity contribution in [1.82, 2.24) is 19.9 Å². The Morgan fingerprint density at radius 3 is 2.86 bits per heavy atom. The van der Waals surface area contributed by atoms with Crippen molar-refractivity contribution < 1.29 is 9.90 Å². The van der Waals surface area contributed by atoms with Gasteiger partial charge in [0.25, 0.3) is 0 Å². The number of fused-ring (bicyclic) bond motifs is 3. The van der Waals surface area contributed by atoms with E-state index in [9.17, 15) is 9.90 Å². The predicted octanol–water partition coefficient (Wildman–Crippen LogP) is 3.41. The van der Waals surface area contributed by atoms with Gasteiger partial charge in [-0.05, 0) is 62.6 Å². The van der Waals surface area contributed by atoms with Crippen LogP contribution in [0.25, 0.3) is 21.9 Å². The molecule has 0 amide bonds. The van der Waals surface area contributed by atoms with Crippen LogP contribution in [0.1, 0.15) is 50.5 Å². The number of pyridine rings is 2. The number of β-amino-alcohol motifs (C(OH)–C–C–N with tert-alkyl or cyclic N) is 1. The first-order valence-electron chi connectivity index (χ1n) is 10.7. The lowest BCUT2D eigenvalue weighted by Gasteiger charge is -2.30. The number of carbonyl (C=O) groups is 1. The van der Waals surface area contributed by atoms with Crippen molar-refractivity contribution in [2.24, 2.45) is 5.92 Å². The van der Waals surface area contributed by atoms with Crippen LogP contribution in [0.4, 0.5) is 0 Å². The van der Waals surface area contributed by atoms with Gasteiger partial charge in [-0.15, -0.1) is 0 Å². The third-order valence-electron chi connectivity index (χ3n) is 6.86. The first-order chi connectivity index (χ1) is 14.0. The van der Waals surface area contributed by atoms with Crippen LogP contribution in [0.2, 0.25) is 0 Å². The van der Waals surface area contributed by atoms with Gasteiger partial charge in [0.05, 0.1) is 23.9 Å². The van der Waals surface area contributed by atoms with E-state index in [-0.39, 0.29) is 5.92 Å². The summed E-state index contributed by atoms with van der Waals surface area (Å²) in [5.41, 5.74) is 2.54. The molecule has 0 spiro atoms. The molecule has 1 unspecified atom stereocenters. The Kier molecular flexibility index (Phi) is 4.63. The zero-order valence-corrected chi connectivity index (χ0v) is 16.9. The average Bonchev–Trinajstić information content (AvgIpc) is 3.33. The van der Waals surface area contributed by atoms with Gasteiger partial charge >= 0.3 is 0 Å². The molecule has 152 valence electrons. The molecule has 0 aromatic carbocycles. The number of hydrogen-bond acceptors (Lipinski definition) is 5. The fourth-order valence-corrected chi connectivity index (χ4v) is 5.27. The molecule has 2 N–H and O–H groups in total. The van der Waals surface area contributed by atoms with Crippen LogP contribution < -0.4 is 0 Å². The molecule has 1 atom stereocenters. The fraction of sp³-hybridized carbons (Fsp3) is 0.522. The Hall–Kier alpha value is -2.31. The number of Topliss-reactive ketones (excluding diaryl/α,β-unsaturated/α-hetero) is 1. The normalized spacial score (nSPS) is 28.3. The molecule has 1 aliphatic heterocycles. The summed E-state index contributed by atoms with van der Waals surface area (Å²) >= 11 is 0. The number of aromatic amines is 1. The highest BCUT2D eigenvalue weighted by Crippen LogP contribution is 2.40. The number of H-pyrrole nitrogens is 1. The summed E-state index contributed by atoms with van der Waals surface area (Å²) in [4.78, 5) is 27.1. The molecule has 1 saturated heterocycles. The Morgan fingerprint density at radius 1 is 1.28 bits per heavy atom. The van der Waals surface area contributed by atoms with Gasteiger partial charge in [0, 0.05) is 42.2 Å². The summed E-state index contributed by atoms with van der Waals surface area (Å²) in [6.07, 6.45) is 10.4. The third kappa shape index (κ3) is 3.55. The van der Waals surface area contributed by atoms with Gasteiger partial charge in [0.2, 0.25) is 0 Å². The lowest BCUT2D eigenvalue weighted by molar-refractivity contribution is -0.125. The van der Waals surface area contributed by atoms with Crippen LogP contribution in [0.15, 0.2) is 30.7 Å². The maximum Gasteiger partial charge on any atom is 0.149 e. The number of ketones is 1. The highest BCUT2D eigenvalue weighted by atomic mass is 16.3. The van der Waals surface area contributed by atoms with Crippen molar-refractivity contribution >= 4 is 27.7 Å². The molecule has 2 fully saturated rings. The summed E-state index contributed by atoms with van der Waals surface area (Å²) < 4.78 is 0. The molecule has 0 radical (unpaired) electrons. The van der Waals surface area contributed by atoms with E-state index in [1.165, 1.54) is 10.9 Å². The molecule has 4 heterocycles. The maximum absolute atomic E-state index is 12.8. The van der Waals surface area contributed by atoms with E-state index in [1.807, 2.05) is 25.5 Å². The van der Waals surface area contributed by atoms with Crippen molar-refractivity contribution in [3.05, 3.63) is 36.3 Å². The van der Waals surface area contributed by atoms with Gasteiger partial charge in [0.15, 0.2) is 0 Å². The molecule has 6 heteroatoms. The maximum atomic E-state index is 12.8. The van der Waals surface area contributed by atoms with E-state index in [1.54, 1.807) is 0 Å². The molecular formula is C23H28N4O2. The molecule has 6 nitrogen and oxygen atoms in total. The molecule has 2 aliphatic rings. The Morgan fingerprint density at radius 2 is 2.10 bits per heavy atom. The van der Waals surface area contributed by atoms with Crippen molar-refractivity contribution in [1.29, 1.82) is 0 Å². The molecule has 0 bridgehead atoms. The van der Waals surface area contributed by atoms with Gasteiger partial charge in [-0.2, -0.15) is 0 Å². The number of nitrogens with zero attached hydrogens (tertiary/aromatic N) is 3. The van der Waals surface area contributed by atoms with Crippen LogP contribution in [0, 0.1) is 5.92 Å². The minimum atomic E-state index is -0.640. The molecule has 5 rings (SSSR count).